The van der Waals surface area contributed by atoms with Crippen LogP contribution in [0.2, 0.25) is 0 Å². The van der Waals surface area contributed by atoms with Crippen molar-refractivity contribution in [2.24, 2.45) is 0 Å². The van der Waals surface area contributed by atoms with Crippen molar-refractivity contribution in [3.63, 3.8) is 0 Å². The molecule has 0 aliphatic heterocycles. The van der Waals surface area contributed by atoms with Crippen molar-refractivity contribution in [3.05, 3.63) is 59.2 Å². The van der Waals surface area contributed by atoms with Gasteiger partial charge in [-0.25, -0.2) is 0 Å². The summed E-state index contributed by atoms with van der Waals surface area (Å²) >= 11 is 0. The Morgan fingerprint density at radius 3 is 2.19 bits per heavy atom. The number of hydrogen-bond acceptors (Lipinski definition) is 4. The number of methoxy groups -OCH3 is 2. The van der Waals surface area contributed by atoms with Crippen LogP contribution in [0.25, 0.3) is 0 Å². The summed E-state index contributed by atoms with van der Waals surface area (Å²) < 4.78 is 15.9. The molecule has 0 spiro atoms. The molecule has 0 radical (unpaired) electrons. The van der Waals surface area contributed by atoms with Crippen molar-refractivity contribution in [2.75, 3.05) is 14.2 Å². The maximum absolute atomic E-state index is 9.04. The second-order valence-corrected chi connectivity index (χ2v) is 4.49. The van der Waals surface area contributed by atoms with Crippen LogP contribution in [0.4, 0.5) is 0 Å². The molecular formula is C17H17NO3. The van der Waals surface area contributed by atoms with Crippen LogP contribution in [0.1, 0.15) is 16.7 Å². The third kappa shape index (κ3) is 3.98. The lowest BCUT2D eigenvalue weighted by Crippen LogP contribution is -1.96. The molecule has 108 valence electrons. The van der Waals surface area contributed by atoms with E-state index in [1.54, 1.807) is 26.4 Å². The molecule has 0 atom stereocenters. The summed E-state index contributed by atoms with van der Waals surface area (Å²) in [5.41, 5.74) is 2.54. The van der Waals surface area contributed by atoms with Gasteiger partial charge in [0.15, 0.2) is 0 Å². The van der Waals surface area contributed by atoms with Gasteiger partial charge < -0.3 is 14.2 Å². The lowest BCUT2D eigenvalue weighted by atomic mass is 10.1. The Labute approximate surface area is 124 Å². The smallest absolute Gasteiger partial charge is 0.136 e. The van der Waals surface area contributed by atoms with E-state index < -0.39 is 0 Å². The third-order valence-electron chi connectivity index (χ3n) is 3.08. The SMILES string of the molecule is COc1ccc(COCc2ccc(OC)c(C#N)c2)cc1. The Morgan fingerprint density at radius 2 is 1.57 bits per heavy atom. The van der Waals surface area contributed by atoms with Gasteiger partial charge in [-0.1, -0.05) is 18.2 Å². The third-order valence-corrected chi connectivity index (χ3v) is 3.08. The second kappa shape index (κ2) is 7.32. The summed E-state index contributed by atoms with van der Waals surface area (Å²) in [6.07, 6.45) is 0. The zero-order valence-corrected chi connectivity index (χ0v) is 12.1. The first-order chi connectivity index (χ1) is 10.3. The molecule has 2 aromatic carbocycles. The number of nitrogens with zero attached hydrogens (tertiary/aromatic N) is 1. The Bertz CT molecular complexity index is 629. The molecule has 0 unspecified atom stereocenters. The summed E-state index contributed by atoms with van der Waals surface area (Å²) in [6, 6.07) is 15.3. The largest absolute Gasteiger partial charge is 0.497 e. The maximum atomic E-state index is 9.04. The van der Waals surface area contributed by atoms with E-state index >= 15 is 0 Å². The fourth-order valence-electron chi connectivity index (χ4n) is 1.94. The lowest BCUT2D eigenvalue weighted by molar-refractivity contribution is 0.107. The highest BCUT2D eigenvalue weighted by molar-refractivity contribution is 5.45. The van der Waals surface area contributed by atoms with E-state index in [1.165, 1.54) is 0 Å². The van der Waals surface area contributed by atoms with Crippen molar-refractivity contribution >= 4 is 0 Å². The van der Waals surface area contributed by atoms with Crippen LogP contribution in [0.15, 0.2) is 42.5 Å². The van der Waals surface area contributed by atoms with Crippen molar-refractivity contribution in [1.82, 2.24) is 0 Å². The van der Waals surface area contributed by atoms with Crippen LogP contribution in [0.3, 0.4) is 0 Å². The summed E-state index contributed by atoms with van der Waals surface area (Å²) in [7, 11) is 3.19. The molecule has 0 saturated carbocycles. The van der Waals surface area contributed by atoms with Gasteiger partial charge in [0.1, 0.15) is 17.6 Å². The number of rotatable bonds is 6. The van der Waals surface area contributed by atoms with Gasteiger partial charge in [-0.15, -0.1) is 0 Å². The summed E-state index contributed by atoms with van der Waals surface area (Å²) in [5.74, 6) is 1.41. The molecule has 2 rings (SSSR count). The monoisotopic (exact) mass is 283 g/mol. The first kappa shape index (κ1) is 14.9. The molecule has 0 aromatic heterocycles. The molecule has 21 heavy (non-hydrogen) atoms. The van der Waals surface area contributed by atoms with E-state index in [2.05, 4.69) is 6.07 Å². The summed E-state index contributed by atoms with van der Waals surface area (Å²) in [4.78, 5) is 0. The molecule has 0 N–H and O–H groups in total. The quantitative estimate of drug-likeness (QED) is 0.816. The van der Waals surface area contributed by atoms with Gasteiger partial charge in [0.05, 0.1) is 33.0 Å². The molecule has 0 aliphatic rings. The van der Waals surface area contributed by atoms with Gasteiger partial charge in [-0.2, -0.15) is 5.26 Å². The number of nitriles is 1. The molecular weight excluding hydrogens is 266 g/mol. The highest BCUT2D eigenvalue weighted by atomic mass is 16.5. The van der Waals surface area contributed by atoms with Crippen molar-refractivity contribution in [2.45, 2.75) is 13.2 Å². The first-order valence-electron chi connectivity index (χ1n) is 6.54. The van der Waals surface area contributed by atoms with Crippen molar-refractivity contribution < 1.29 is 14.2 Å². The maximum Gasteiger partial charge on any atom is 0.136 e. The predicted molar refractivity (Wildman–Crippen MR) is 79.2 cm³/mol. The molecule has 0 bridgehead atoms. The minimum absolute atomic E-state index is 0.449. The standard InChI is InChI=1S/C17H17NO3/c1-19-16-6-3-13(4-7-16)11-21-12-14-5-8-17(20-2)15(9-14)10-18/h3-9H,11-12H2,1-2H3. The van der Waals surface area contributed by atoms with Gasteiger partial charge in [0.25, 0.3) is 0 Å². The molecule has 4 heteroatoms. The Balaban J connectivity index is 1.92. The lowest BCUT2D eigenvalue weighted by Gasteiger charge is -2.08. The van der Waals surface area contributed by atoms with Crippen molar-refractivity contribution in [3.8, 4) is 17.6 Å². The zero-order chi connectivity index (χ0) is 15.1. The molecule has 2 aromatic rings. The fraction of sp³-hybridized carbons (Fsp3) is 0.235. The van der Waals surface area contributed by atoms with Crippen LogP contribution in [-0.2, 0) is 18.0 Å². The van der Waals surface area contributed by atoms with E-state index in [9.17, 15) is 0 Å². The molecule has 4 nitrogen and oxygen atoms in total. The number of ether oxygens (including phenoxy) is 3. The van der Waals surface area contributed by atoms with Gasteiger partial charge >= 0.3 is 0 Å². The van der Waals surface area contributed by atoms with E-state index in [-0.39, 0.29) is 0 Å². The Kier molecular flexibility index (Phi) is 5.19. The number of hydrogen-bond donors (Lipinski definition) is 0. The minimum Gasteiger partial charge on any atom is -0.497 e. The molecule has 0 saturated heterocycles. The summed E-state index contributed by atoms with van der Waals surface area (Å²) in [6.45, 7) is 0.961. The van der Waals surface area contributed by atoms with Crippen LogP contribution in [-0.4, -0.2) is 14.2 Å². The van der Waals surface area contributed by atoms with Gasteiger partial charge in [0, 0.05) is 0 Å². The van der Waals surface area contributed by atoms with E-state index in [0.29, 0.717) is 24.5 Å². The minimum atomic E-state index is 0.449. The normalized spacial score (nSPS) is 9.95. The highest BCUT2D eigenvalue weighted by Gasteiger charge is 2.04. The second-order valence-electron chi connectivity index (χ2n) is 4.49. The average Bonchev–Trinajstić information content (AvgIpc) is 2.55. The molecule has 0 fully saturated rings. The van der Waals surface area contributed by atoms with Gasteiger partial charge in [-0.3, -0.25) is 0 Å². The van der Waals surface area contributed by atoms with E-state index in [1.807, 2.05) is 30.3 Å². The van der Waals surface area contributed by atoms with Gasteiger partial charge in [-0.05, 0) is 35.4 Å². The Morgan fingerprint density at radius 1 is 0.905 bits per heavy atom. The highest BCUT2D eigenvalue weighted by Crippen LogP contribution is 2.19. The summed E-state index contributed by atoms with van der Waals surface area (Å²) in [5, 5.41) is 9.04. The topological polar surface area (TPSA) is 51.5 Å². The van der Waals surface area contributed by atoms with E-state index in [4.69, 9.17) is 19.5 Å². The van der Waals surface area contributed by atoms with Crippen LogP contribution in [0, 0.1) is 11.3 Å². The zero-order valence-electron chi connectivity index (χ0n) is 12.1. The van der Waals surface area contributed by atoms with Gasteiger partial charge in [0.2, 0.25) is 0 Å². The van der Waals surface area contributed by atoms with Crippen LogP contribution < -0.4 is 9.47 Å². The van der Waals surface area contributed by atoms with E-state index in [0.717, 1.165) is 16.9 Å². The predicted octanol–water partition coefficient (Wildman–Crippen LogP) is 3.29. The number of benzene rings is 2. The fourth-order valence-corrected chi connectivity index (χ4v) is 1.94. The van der Waals surface area contributed by atoms with Crippen molar-refractivity contribution in [1.29, 1.82) is 5.26 Å². The van der Waals surface area contributed by atoms with Crippen LogP contribution in [0.5, 0.6) is 11.5 Å². The molecule has 0 aliphatic carbocycles. The average molecular weight is 283 g/mol. The molecule has 0 amide bonds. The molecule has 0 heterocycles. The Hall–Kier alpha value is -2.51. The van der Waals surface area contributed by atoms with Crippen LogP contribution >= 0.6 is 0 Å². The first-order valence-corrected chi connectivity index (χ1v) is 6.54.